The van der Waals surface area contributed by atoms with Crippen LogP contribution in [0.5, 0.6) is 0 Å². The van der Waals surface area contributed by atoms with Crippen LogP contribution in [-0.2, 0) is 11.3 Å². The molecular formula is C18H20N6O3. The SMILES string of the molecule is Cc1ccc(C2CC(C(=O)N(C)Cc3nc(-c4ccccn4)no3)NN2)o1. The number of likely N-dealkylation sites (N-methyl/N-ethyl adjacent to an activating group) is 1. The highest BCUT2D eigenvalue weighted by Gasteiger charge is 2.33. The predicted molar refractivity (Wildman–Crippen MR) is 94.9 cm³/mol. The summed E-state index contributed by atoms with van der Waals surface area (Å²) in [4.78, 5) is 22.8. The predicted octanol–water partition coefficient (Wildman–Crippen LogP) is 1.60. The van der Waals surface area contributed by atoms with Crippen LogP contribution in [0.4, 0.5) is 0 Å². The Labute approximate surface area is 155 Å². The van der Waals surface area contributed by atoms with Gasteiger partial charge >= 0.3 is 0 Å². The van der Waals surface area contributed by atoms with Crippen molar-refractivity contribution in [3.05, 3.63) is 53.9 Å². The lowest BCUT2D eigenvalue weighted by atomic mass is 10.1. The van der Waals surface area contributed by atoms with E-state index in [4.69, 9.17) is 8.94 Å². The molecule has 3 aromatic rings. The lowest BCUT2D eigenvalue weighted by molar-refractivity contribution is -0.132. The van der Waals surface area contributed by atoms with Crippen LogP contribution >= 0.6 is 0 Å². The van der Waals surface area contributed by atoms with Crippen LogP contribution in [0.2, 0.25) is 0 Å². The van der Waals surface area contributed by atoms with Gasteiger partial charge in [-0.15, -0.1) is 0 Å². The van der Waals surface area contributed by atoms with E-state index in [1.54, 1.807) is 24.2 Å². The molecule has 1 amide bonds. The number of hydrogen-bond acceptors (Lipinski definition) is 8. The van der Waals surface area contributed by atoms with E-state index in [1.807, 2.05) is 31.2 Å². The molecule has 1 saturated heterocycles. The van der Waals surface area contributed by atoms with Crippen molar-refractivity contribution >= 4 is 5.91 Å². The monoisotopic (exact) mass is 368 g/mol. The van der Waals surface area contributed by atoms with Crippen molar-refractivity contribution in [2.24, 2.45) is 0 Å². The van der Waals surface area contributed by atoms with Gasteiger partial charge in [0.1, 0.15) is 23.3 Å². The summed E-state index contributed by atoms with van der Waals surface area (Å²) in [7, 11) is 1.71. The van der Waals surface area contributed by atoms with Crippen molar-refractivity contribution in [2.75, 3.05) is 7.05 Å². The van der Waals surface area contributed by atoms with Crippen LogP contribution in [0.1, 0.15) is 29.9 Å². The first-order chi connectivity index (χ1) is 13.1. The fourth-order valence-corrected chi connectivity index (χ4v) is 3.01. The zero-order chi connectivity index (χ0) is 18.8. The Morgan fingerprint density at radius 1 is 1.30 bits per heavy atom. The van der Waals surface area contributed by atoms with E-state index in [9.17, 15) is 4.79 Å². The first-order valence-corrected chi connectivity index (χ1v) is 8.66. The van der Waals surface area contributed by atoms with Gasteiger partial charge < -0.3 is 13.8 Å². The summed E-state index contributed by atoms with van der Waals surface area (Å²) in [6.45, 7) is 2.12. The van der Waals surface area contributed by atoms with E-state index in [-0.39, 0.29) is 24.5 Å². The minimum absolute atomic E-state index is 0.0415. The van der Waals surface area contributed by atoms with Gasteiger partial charge in [-0.1, -0.05) is 11.2 Å². The molecule has 2 N–H and O–H groups in total. The number of hydrazine groups is 1. The molecule has 9 heteroatoms. The summed E-state index contributed by atoms with van der Waals surface area (Å²) in [5.41, 5.74) is 6.77. The lowest BCUT2D eigenvalue weighted by Gasteiger charge is -2.18. The number of carbonyl (C=O) groups excluding carboxylic acids is 1. The summed E-state index contributed by atoms with van der Waals surface area (Å²) in [5, 5.41) is 3.92. The van der Waals surface area contributed by atoms with Gasteiger partial charge in [-0.25, -0.2) is 10.9 Å². The van der Waals surface area contributed by atoms with Crippen LogP contribution in [-0.4, -0.2) is 39.0 Å². The third-order valence-electron chi connectivity index (χ3n) is 4.42. The molecule has 4 rings (SSSR count). The first kappa shape index (κ1) is 17.4. The molecule has 27 heavy (non-hydrogen) atoms. The number of aromatic nitrogens is 3. The molecule has 3 aromatic heterocycles. The maximum Gasteiger partial charge on any atom is 0.246 e. The average molecular weight is 368 g/mol. The maximum absolute atomic E-state index is 12.7. The number of rotatable bonds is 5. The minimum Gasteiger partial charge on any atom is -0.465 e. The van der Waals surface area contributed by atoms with Crippen molar-refractivity contribution in [2.45, 2.75) is 32.0 Å². The minimum atomic E-state index is -0.358. The van der Waals surface area contributed by atoms with Gasteiger partial charge in [0.25, 0.3) is 0 Å². The van der Waals surface area contributed by atoms with E-state index in [0.29, 0.717) is 23.8 Å². The van der Waals surface area contributed by atoms with Crippen LogP contribution in [0.25, 0.3) is 11.5 Å². The molecule has 0 bridgehead atoms. The van der Waals surface area contributed by atoms with Crippen molar-refractivity contribution < 1.29 is 13.7 Å². The fourth-order valence-electron chi connectivity index (χ4n) is 3.01. The van der Waals surface area contributed by atoms with Gasteiger partial charge in [-0.3, -0.25) is 9.78 Å². The standard InChI is InChI=1S/C18H20N6O3/c1-11-6-7-15(26-11)13-9-14(22-21-13)18(25)24(2)10-16-20-17(23-27-16)12-5-3-4-8-19-12/h3-8,13-14,21-22H,9-10H2,1-2H3. The molecule has 140 valence electrons. The Hall–Kier alpha value is -3.04. The summed E-state index contributed by atoms with van der Waals surface area (Å²) in [6, 6.07) is 8.90. The smallest absolute Gasteiger partial charge is 0.246 e. The summed E-state index contributed by atoms with van der Waals surface area (Å²) in [5.74, 6) is 2.36. The number of aryl methyl sites for hydroxylation is 1. The lowest BCUT2D eigenvalue weighted by Crippen LogP contribution is -2.43. The molecule has 0 aliphatic carbocycles. The van der Waals surface area contributed by atoms with Crippen molar-refractivity contribution in [3.8, 4) is 11.5 Å². The van der Waals surface area contributed by atoms with Crippen LogP contribution in [0.15, 0.2) is 45.5 Å². The summed E-state index contributed by atoms with van der Waals surface area (Å²) in [6.07, 6.45) is 2.26. The zero-order valence-electron chi connectivity index (χ0n) is 15.0. The number of carbonyl (C=O) groups is 1. The Bertz CT molecular complexity index is 922. The van der Waals surface area contributed by atoms with Gasteiger partial charge in [-0.05, 0) is 37.6 Å². The molecule has 1 aliphatic rings. The van der Waals surface area contributed by atoms with Gasteiger partial charge in [0.15, 0.2) is 0 Å². The zero-order valence-corrected chi connectivity index (χ0v) is 15.0. The van der Waals surface area contributed by atoms with E-state index >= 15 is 0 Å². The number of pyridine rings is 1. The topological polar surface area (TPSA) is 109 Å². The number of amides is 1. The summed E-state index contributed by atoms with van der Waals surface area (Å²) >= 11 is 0. The molecule has 1 fully saturated rings. The first-order valence-electron chi connectivity index (χ1n) is 8.66. The van der Waals surface area contributed by atoms with E-state index < -0.39 is 0 Å². The molecule has 0 radical (unpaired) electrons. The molecule has 1 aliphatic heterocycles. The third-order valence-corrected chi connectivity index (χ3v) is 4.42. The van der Waals surface area contributed by atoms with Gasteiger partial charge in [0.05, 0.1) is 12.6 Å². The second-order valence-electron chi connectivity index (χ2n) is 6.50. The van der Waals surface area contributed by atoms with E-state index in [2.05, 4.69) is 26.0 Å². The van der Waals surface area contributed by atoms with Crippen molar-refractivity contribution in [1.29, 1.82) is 0 Å². The number of hydrogen-bond donors (Lipinski definition) is 2. The normalized spacial score (nSPS) is 19.3. The second kappa shape index (κ2) is 7.29. The Morgan fingerprint density at radius 2 is 2.19 bits per heavy atom. The molecule has 2 atom stereocenters. The molecule has 2 unspecified atom stereocenters. The van der Waals surface area contributed by atoms with Crippen LogP contribution in [0, 0.1) is 6.92 Å². The van der Waals surface area contributed by atoms with Gasteiger partial charge in [0.2, 0.25) is 17.6 Å². The maximum atomic E-state index is 12.7. The van der Waals surface area contributed by atoms with Gasteiger partial charge in [-0.2, -0.15) is 4.98 Å². The number of furan rings is 1. The quantitative estimate of drug-likeness (QED) is 0.699. The average Bonchev–Trinajstić information content (AvgIpc) is 3.42. The molecule has 0 saturated carbocycles. The van der Waals surface area contributed by atoms with Crippen LogP contribution in [0.3, 0.4) is 0 Å². The Morgan fingerprint density at radius 3 is 2.93 bits per heavy atom. The molecule has 4 heterocycles. The fraction of sp³-hybridized carbons (Fsp3) is 0.333. The summed E-state index contributed by atoms with van der Waals surface area (Å²) < 4.78 is 10.9. The largest absolute Gasteiger partial charge is 0.465 e. The molecule has 0 spiro atoms. The molecule has 0 aromatic carbocycles. The third kappa shape index (κ3) is 3.74. The highest BCUT2D eigenvalue weighted by Crippen LogP contribution is 2.25. The van der Waals surface area contributed by atoms with E-state index in [0.717, 1.165) is 11.5 Å². The van der Waals surface area contributed by atoms with Crippen molar-refractivity contribution in [3.63, 3.8) is 0 Å². The Kier molecular flexibility index (Phi) is 4.69. The van der Waals surface area contributed by atoms with Crippen LogP contribution < -0.4 is 10.9 Å². The number of nitrogens with zero attached hydrogens (tertiary/aromatic N) is 4. The Balaban J connectivity index is 1.37. The van der Waals surface area contributed by atoms with Crippen molar-refractivity contribution in [1.82, 2.24) is 30.9 Å². The highest BCUT2D eigenvalue weighted by molar-refractivity contribution is 5.81. The molecule has 9 nitrogen and oxygen atoms in total. The molecular weight excluding hydrogens is 348 g/mol. The highest BCUT2D eigenvalue weighted by atomic mass is 16.5. The van der Waals surface area contributed by atoms with E-state index in [1.165, 1.54) is 0 Å². The number of nitrogens with one attached hydrogen (secondary N) is 2. The second-order valence-corrected chi connectivity index (χ2v) is 6.50. The van der Waals surface area contributed by atoms with Gasteiger partial charge in [0, 0.05) is 13.2 Å².